The zero-order valence-corrected chi connectivity index (χ0v) is 15.6. The maximum atomic E-state index is 9.94. The smallest absolute Gasteiger partial charge is 0.226 e. The van der Waals surface area contributed by atoms with E-state index in [1.54, 1.807) is 13.3 Å². The lowest BCUT2D eigenvalue weighted by Gasteiger charge is -2.44. The Labute approximate surface area is 156 Å². The van der Waals surface area contributed by atoms with Crippen LogP contribution in [0.3, 0.4) is 0 Å². The number of nitrogens with zero attached hydrogens (tertiary/aromatic N) is 7. The summed E-state index contributed by atoms with van der Waals surface area (Å²) in [4.78, 5) is 13.7. The van der Waals surface area contributed by atoms with Crippen molar-refractivity contribution in [2.24, 2.45) is 0 Å². The van der Waals surface area contributed by atoms with Crippen LogP contribution in [-0.2, 0) is 0 Å². The molecule has 0 bridgehead atoms. The van der Waals surface area contributed by atoms with Crippen molar-refractivity contribution in [1.82, 2.24) is 29.0 Å². The molecule has 0 radical (unpaired) electrons. The number of aliphatic hydroxyl groups excluding tert-OH is 1. The van der Waals surface area contributed by atoms with Gasteiger partial charge in [0.15, 0.2) is 11.5 Å². The van der Waals surface area contributed by atoms with E-state index in [4.69, 9.17) is 9.72 Å². The van der Waals surface area contributed by atoms with Gasteiger partial charge < -0.3 is 19.6 Å². The van der Waals surface area contributed by atoms with E-state index in [1.165, 1.54) is 0 Å². The predicted octanol–water partition coefficient (Wildman–Crippen LogP) is 0.657. The van der Waals surface area contributed by atoms with Crippen molar-refractivity contribution in [2.75, 3.05) is 38.7 Å². The van der Waals surface area contributed by atoms with Gasteiger partial charge in [0.25, 0.3) is 0 Å². The third-order valence-electron chi connectivity index (χ3n) is 5.67. The lowest BCUT2D eigenvalue weighted by atomic mass is 10.0. The molecule has 27 heavy (non-hydrogen) atoms. The van der Waals surface area contributed by atoms with E-state index in [0.717, 1.165) is 35.8 Å². The highest BCUT2D eigenvalue weighted by molar-refractivity contribution is 5.75. The quantitative estimate of drug-likeness (QED) is 0.723. The van der Waals surface area contributed by atoms with Crippen molar-refractivity contribution < 1.29 is 9.84 Å². The van der Waals surface area contributed by atoms with Gasteiger partial charge in [-0.15, -0.1) is 0 Å². The first-order valence-electron chi connectivity index (χ1n) is 9.15. The molecule has 1 N–H and O–H groups in total. The number of imidazole rings is 1. The summed E-state index contributed by atoms with van der Waals surface area (Å²) in [5.41, 5.74) is 2.36. The van der Waals surface area contributed by atoms with Crippen molar-refractivity contribution in [3.63, 3.8) is 0 Å². The van der Waals surface area contributed by atoms with E-state index < -0.39 is 0 Å². The normalized spacial score (nSPS) is 23.5. The molecular formula is C18H23N7O2. The van der Waals surface area contributed by atoms with Gasteiger partial charge in [0.05, 0.1) is 31.5 Å². The van der Waals surface area contributed by atoms with Crippen molar-refractivity contribution in [3.8, 4) is 17.1 Å². The van der Waals surface area contributed by atoms with Crippen LogP contribution in [0.5, 0.6) is 5.88 Å². The van der Waals surface area contributed by atoms with Crippen molar-refractivity contribution in [3.05, 3.63) is 24.8 Å². The predicted molar refractivity (Wildman–Crippen MR) is 100 cm³/mol. The Morgan fingerprint density at radius 3 is 2.74 bits per heavy atom. The molecule has 3 aromatic heterocycles. The SMILES string of the molecule is COc1c(-c2cnn(C3CN(C)C3)c2)nc(N2C[C@@H](O)[C@@H]2C)c2nccn12. The van der Waals surface area contributed by atoms with Gasteiger partial charge >= 0.3 is 0 Å². The number of likely N-dealkylation sites (N-methyl/N-ethyl adjacent to an activating group) is 1. The van der Waals surface area contributed by atoms with Gasteiger partial charge in [0.1, 0.15) is 5.69 Å². The molecule has 0 spiro atoms. The molecule has 142 valence electrons. The Bertz CT molecular complexity index is 991. The lowest BCUT2D eigenvalue weighted by Crippen LogP contribution is -2.59. The molecule has 2 aliphatic rings. The van der Waals surface area contributed by atoms with E-state index >= 15 is 0 Å². The highest BCUT2D eigenvalue weighted by Gasteiger charge is 2.37. The van der Waals surface area contributed by atoms with Crippen molar-refractivity contribution in [2.45, 2.75) is 25.1 Å². The standard InChI is InChI=1S/C18H23N7O2/c1-11-14(26)10-24(11)17-16-19-4-5-23(16)18(27-3)15(21-17)12-6-20-25(7-12)13-8-22(2)9-13/h4-7,11,13-14,26H,8-10H2,1-3H3/t11-,14+/m0/s1. The molecule has 0 amide bonds. The molecule has 0 aromatic carbocycles. The highest BCUT2D eigenvalue weighted by atomic mass is 16.5. The molecule has 0 saturated carbocycles. The maximum absolute atomic E-state index is 9.94. The summed E-state index contributed by atoms with van der Waals surface area (Å²) >= 11 is 0. The maximum Gasteiger partial charge on any atom is 0.226 e. The molecule has 5 heterocycles. The van der Waals surface area contributed by atoms with Crippen LogP contribution in [0.1, 0.15) is 13.0 Å². The Morgan fingerprint density at radius 2 is 2.07 bits per heavy atom. The van der Waals surface area contributed by atoms with Gasteiger partial charge in [-0.25, -0.2) is 9.97 Å². The second-order valence-electron chi connectivity index (χ2n) is 7.46. The van der Waals surface area contributed by atoms with Gasteiger partial charge in [0, 0.05) is 43.8 Å². The number of aromatic nitrogens is 5. The van der Waals surface area contributed by atoms with E-state index in [0.29, 0.717) is 18.5 Å². The summed E-state index contributed by atoms with van der Waals surface area (Å²) in [6.07, 6.45) is 7.13. The monoisotopic (exact) mass is 369 g/mol. The van der Waals surface area contributed by atoms with Gasteiger partial charge in [-0.2, -0.15) is 5.10 Å². The van der Waals surface area contributed by atoms with Crippen LogP contribution >= 0.6 is 0 Å². The number of hydrogen-bond acceptors (Lipinski definition) is 7. The summed E-state index contributed by atoms with van der Waals surface area (Å²) in [7, 11) is 3.74. The summed E-state index contributed by atoms with van der Waals surface area (Å²) in [6, 6.07) is 0.407. The van der Waals surface area contributed by atoms with Gasteiger partial charge in [-0.1, -0.05) is 0 Å². The van der Waals surface area contributed by atoms with E-state index in [-0.39, 0.29) is 12.1 Å². The van der Waals surface area contributed by atoms with E-state index in [2.05, 4.69) is 26.9 Å². The second kappa shape index (κ2) is 5.93. The number of rotatable bonds is 4. The van der Waals surface area contributed by atoms with Crippen LogP contribution in [0, 0.1) is 0 Å². The number of β-amino-alcohol motifs (C(OH)–C–C–N with tert-alkyl or cyclic N) is 1. The molecule has 9 heteroatoms. The topological polar surface area (TPSA) is 84.0 Å². The molecule has 2 atom stereocenters. The summed E-state index contributed by atoms with van der Waals surface area (Å²) in [5, 5.41) is 14.5. The third kappa shape index (κ3) is 2.42. The first kappa shape index (κ1) is 16.5. The van der Waals surface area contributed by atoms with E-state index in [9.17, 15) is 5.11 Å². The van der Waals surface area contributed by atoms with Crippen LogP contribution in [0.2, 0.25) is 0 Å². The van der Waals surface area contributed by atoms with Crippen molar-refractivity contribution >= 4 is 11.5 Å². The summed E-state index contributed by atoms with van der Waals surface area (Å²) in [5.74, 6) is 1.38. The summed E-state index contributed by atoms with van der Waals surface area (Å²) in [6.45, 7) is 4.54. The van der Waals surface area contributed by atoms with Gasteiger partial charge in [-0.3, -0.25) is 9.08 Å². The first-order valence-corrected chi connectivity index (χ1v) is 9.15. The fraction of sp³-hybridized carbons (Fsp3) is 0.500. The van der Waals surface area contributed by atoms with Crippen molar-refractivity contribution in [1.29, 1.82) is 0 Å². The molecule has 5 rings (SSSR count). The number of likely N-dealkylation sites (tertiary alicyclic amines) is 1. The summed E-state index contributed by atoms with van der Waals surface area (Å²) < 4.78 is 9.59. The number of methoxy groups -OCH3 is 1. The molecular weight excluding hydrogens is 346 g/mol. The van der Waals surface area contributed by atoms with Gasteiger partial charge in [-0.05, 0) is 14.0 Å². The van der Waals surface area contributed by atoms with Gasteiger partial charge in [0.2, 0.25) is 5.88 Å². The average Bonchev–Trinajstić information content (AvgIpc) is 3.31. The zero-order valence-electron chi connectivity index (χ0n) is 15.6. The molecule has 2 saturated heterocycles. The number of ether oxygens (including phenoxy) is 1. The third-order valence-corrected chi connectivity index (χ3v) is 5.67. The molecule has 0 unspecified atom stereocenters. The highest BCUT2D eigenvalue weighted by Crippen LogP contribution is 2.36. The van der Waals surface area contributed by atoms with Crippen LogP contribution in [-0.4, -0.2) is 80.1 Å². The Morgan fingerprint density at radius 1 is 1.26 bits per heavy atom. The molecule has 9 nitrogen and oxygen atoms in total. The Hall–Kier alpha value is -2.65. The van der Waals surface area contributed by atoms with Crippen LogP contribution < -0.4 is 9.64 Å². The molecule has 2 fully saturated rings. The fourth-order valence-corrected chi connectivity index (χ4v) is 3.89. The molecule has 3 aromatic rings. The average molecular weight is 369 g/mol. The lowest BCUT2D eigenvalue weighted by molar-refractivity contribution is 0.0989. The second-order valence-corrected chi connectivity index (χ2v) is 7.46. The number of hydrogen-bond donors (Lipinski definition) is 1. The van der Waals surface area contributed by atoms with E-state index in [1.807, 2.05) is 34.6 Å². The Balaban J connectivity index is 1.61. The minimum Gasteiger partial charge on any atom is -0.480 e. The molecule has 0 aliphatic carbocycles. The van der Waals surface area contributed by atoms with Crippen LogP contribution in [0.4, 0.5) is 5.82 Å². The minimum atomic E-state index is -0.342. The first-order chi connectivity index (χ1) is 13.1. The fourth-order valence-electron chi connectivity index (χ4n) is 3.89. The zero-order chi connectivity index (χ0) is 18.7. The number of anilines is 1. The van der Waals surface area contributed by atoms with Crippen LogP contribution in [0.15, 0.2) is 24.8 Å². The minimum absolute atomic E-state index is 0.00693. The largest absolute Gasteiger partial charge is 0.480 e. The number of fused-ring (bicyclic) bond motifs is 1. The number of aliphatic hydroxyl groups is 1. The Kier molecular flexibility index (Phi) is 3.63. The molecule has 2 aliphatic heterocycles. The van der Waals surface area contributed by atoms with Crippen LogP contribution in [0.25, 0.3) is 16.9 Å².